The van der Waals surface area contributed by atoms with E-state index in [2.05, 4.69) is 27.0 Å². The molecule has 1 atom stereocenters. The maximum Gasteiger partial charge on any atom is 0.338 e. The van der Waals surface area contributed by atoms with Gasteiger partial charge in [0.1, 0.15) is 18.2 Å². The molecule has 0 amide bonds. The second-order valence-corrected chi connectivity index (χ2v) is 11.0. The number of allylic oxidation sites excluding steroid dienone is 1. The van der Waals surface area contributed by atoms with Crippen molar-refractivity contribution < 1.29 is 18.7 Å². The van der Waals surface area contributed by atoms with E-state index in [9.17, 15) is 19.2 Å². The van der Waals surface area contributed by atoms with Crippen LogP contribution in [0.1, 0.15) is 42.1 Å². The molecule has 41 heavy (non-hydrogen) atoms. The van der Waals surface area contributed by atoms with Gasteiger partial charge in [-0.15, -0.1) is 0 Å². The van der Waals surface area contributed by atoms with Gasteiger partial charge in [0.25, 0.3) is 5.56 Å². The third kappa shape index (κ3) is 5.78. The van der Waals surface area contributed by atoms with Crippen molar-refractivity contribution in [2.45, 2.75) is 26.5 Å². The molecule has 0 spiro atoms. The van der Waals surface area contributed by atoms with Crippen molar-refractivity contribution in [3.63, 3.8) is 0 Å². The van der Waals surface area contributed by atoms with Gasteiger partial charge in [-0.1, -0.05) is 47.7 Å². The summed E-state index contributed by atoms with van der Waals surface area (Å²) >= 11 is 4.74. The van der Waals surface area contributed by atoms with Crippen LogP contribution in [0.5, 0.6) is 5.75 Å². The largest absolute Gasteiger partial charge is 0.488 e. The average molecular weight is 633 g/mol. The molecule has 1 aliphatic heterocycles. The van der Waals surface area contributed by atoms with Crippen LogP contribution >= 0.6 is 27.3 Å². The van der Waals surface area contributed by atoms with Gasteiger partial charge < -0.3 is 9.47 Å². The fourth-order valence-electron chi connectivity index (χ4n) is 4.54. The van der Waals surface area contributed by atoms with E-state index in [0.717, 1.165) is 11.1 Å². The Kier molecular flexibility index (Phi) is 8.28. The van der Waals surface area contributed by atoms with Gasteiger partial charge in [-0.25, -0.2) is 14.2 Å². The van der Waals surface area contributed by atoms with Gasteiger partial charge in [-0.2, -0.15) is 5.26 Å². The van der Waals surface area contributed by atoms with Crippen molar-refractivity contribution in [3.05, 3.63) is 130 Å². The number of carbonyl (C=O) groups excluding carboxylic acids is 1. The summed E-state index contributed by atoms with van der Waals surface area (Å²) in [7, 11) is 0. The highest BCUT2D eigenvalue weighted by Gasteiger charge is 2.33. The monoisotopic (exact) mass is 631 g/mol. The Morgan fingerprint density at radius 3 is 2.66 bits per heavy atom. The summed E-state index contributed by atoms with van der Waals surface area (Å²) in [4.78, 5) is 31.7. The Bertz CT molecular complexity index is 1910. The van der Waals surface area contributed by atoms with Crippen LogP contribution in [-0.2, 0) is 16.1 Å². The van der Waals surface area contributed by atoms with Crippen molar-refractivity contribution >= 4 is 39.3 Å². The highest BCUT2D eigenvalue weighted by molar-refractivity contribution is 9.10. The highest BCUT2D eigenvalue weighted by atomic mass is 79.9. The fraction of sp³-hybridized carbons (Fsp3) is 0.161. The number of nitriles is 1. The molecule has 5 rings (SSSR count). The number of hydrogen-bond acceptors (Lipinski definition) is 7. The minimum Gasteiger partial charge on any atom is -0.488 e. The Balaban J connectivity index is 1.52. The number of halogens is 2. The highest BCUT2D eigenvalue weighted by Crippen LogP contribution is 2.31. The molecular weight excluding hydrogens is 609 g/mol. The summed E-state index contributed by atoms with van der Waals surface area (Å²) < 4.78 is 27.5. The summed E-state index contributed by atoms with van der Waals surface area (Å²) in [6, 6.07) is 19.7. The first-order valence-electron chi connectivity index (χ1n) is 12.7. The van der Waals surface area contributed by atoms with Crippen LogP contribution in [0.15, 0.2) is 92.3 Å². The van der Waals surface area contributed by atoms with Crippen LogP contribution < -0.4 is 19.6 Å². The maximum absolute atomic E-state index is 13.7. The second-order valence-electron chi connectivity index (χ2n) is 9.10. The molecule has 2 heterocycles. The van der Waals surface area contributed by atoms with E-state index in [4.69, 9.17) is 9.47 Å². The van der Waals surface area contributed by atoms with Crippen molar-refractivity contribution in [1.29, 1.82) is 5.26 Å². The quantitative estimate of drug-likeness (QED) is 0.263. The van der Waals surface area contributed by atoms with Gasteiger partial charge in [0.2, 0.25) is 0 Å². The molecule has 7 nitrogen and oxygen atoms in total. The predicted molar refractivity (Wildman–Crippen MR) is 156 cm³/mol. The first-order chi connectivity index (χ1) is 19.8. The van der Waals surface area contributed by atoms with Gasteiger partial charge in [0.15, 0.2) is 4.80 Å². The smallest absolute Gasteiger partial charge is 0.338 e. The molecule has 0 aliphatic carbocycles. The van der Waals surface area contributed by atoms with Crippen LogP contribution in [0.4, 0.5) is 4.39 Å². The zero-order chi connectivity index (χ0) is 29.1. The number of esters is 1. The molecular formula is C31H23BrFN3O4S. The van der Waals surface area contributed by atoms with E-state index in [1.807, 2.05) is 24.3 Å². The number of benzene rings is 3. The molecule has 0 fully saturated rings. The molecule has 10 heteroatoms. The van der Waals surface area contributed by atoms with Crippen LogP contribution in [0.2, 0.25) is 0 Å². The SMILES string of the molecule is CCOC(=O)C1=C(C)N=c2s/c(=C\c3ccc(OCc4ccccc4C#N)c(Br)c3)c(=O)n2[C@@H]1c1ccc(F)cc1. The third-order valence-corrected chi connectivity index (χ3v) is 8.08. The maximum atomic E-state index is 13.7. The molecule has 206 valence electrons. The molecule has 0 bridgehead atoms. The molecule has 0 N–H and O–H groups in total. The predicted octanol–water partition coefficient (Wildman–Crippen LogP) is 5.15. The summed E-state index contributed by atoms with van der Waals surface area (Å²) in [5, 5.41) is 9.31. The Morgan fingerprint density at radius 1 is 1.20 bits per heavy atom. The minimum atomic E-state index is -0.813. The topological polar surface area (TPSA) is 93.7 Å². The van der Waals surface area contributed by atoms with E-state index in [0.29, 0.717) is 36.4 Å². The Morgan fingerprint density at radius 2 is 1.95 bits per heavy atom. The number of aromatic nitrogens is 1. The summed E-state index contributed by atoms with van der Waals surface area (Å²) in [5.41, 5.74) is 2.98. The van der Waals surface area contributed by atoms with Gasteiger partial charge in [-0.3, -0.25) is 9.36 Å². The van der Waals surface area contributed by atoms with Crippen LogP contribution in [0.25, 0.3) is 6.08 Å². The lowest BCUT2D eigenvalue weighted by molar-refractivity contribution is -0.139. The summed E-state index contributed by atoms with van der Waals surface area (Å²) in [6.45, 7) is 3.79. The zero-order valence-corrected chi connectivity index (χ0v) is 24.5. The molecule has 1 aliphatic rings. The van der Waals surface area contributed by atoms with Crippen molar-refractivity contribution in [3.8, 4) is 11.8 Å². The Hall–Kier alpha value is -4.33. The van der Waals surface area contributed by atoms with Gasteiger partial charge >= 0.3 is 5.97 Å². The molecule has 1 aromatic heterocycles. The number of ether oxygens (including phenoxy) is 2. The molecule has 4 aromatic rings. The molecule has 3 aromatic carbocycles. The second kappa shape index (κ2) is 12.0. The number of carbonyl (C=O) groups is 1. The van der Waals surface area contributed by atoms with Crippen molar-refractivity contribution in [2.75, 3.05) is 6.61 Å². The minimum absolute atomic E-state index is 0.162. The fourth-order valence-corrected chi connectivity index (χ4v) is 6.10. The number of rotatable bonds is 7. The molecule has 0 unspecified atom stereocenters. The molecule has 0 saturated carbocycles. The van der Waals surface area contributed by atoms with E-state index < -0.39 is 17.8 Å². The van der Waals surface area contributed by atoms with Crippen molar-refractivity contribution in [1.82, 2.24) is 4.57 Å². The zero-order valence-electron chi connectivity index (χ0n) is 22.1. The Labute approximate surface area is 247 Å². The van der Waals surface area contributed by atoms with Crippen molar-refractivity contribution in [2.24, 2.45) is 4.99 Å². The summed E-state index contributed by atoms with van der Waals surface area (Å²) in [6.07, 6.45) is 1.74. The third-order valence-electron chi connectivity index (χ3n) is 6.48. The molecule has 0 radical (unpaired) electrons. The van der Waals surface area contributed by atoms with Crippen LogP contribution in [-0.4, -0.2) is 17.1 Å². The molecule has 0 saturated heterocycles. The van der Waals surface area contributed by atoms with Crippen LogP contribution in [0.3, 0.4) is 0 Å². The number of hydrogen-bond donors (Lipinski definition) is 0. The van der Waals surface area contributed by atoms with Gasteiger partial charge in [-0.05, 0) is 77.3 Å². The van der Waals surface area contributed by atoms with Gasteiger partial charge in [0, 0.05) is 5.56 Å². The number of thiazole rings is 1. The van der Waals surface area contributed by atoms with E-state index in [1.54, 1.807) is 50.3 Å². The normalized spacial score (nSPS) is 14.7. The lowest BCUT2D eigenvalue weighted by atomic mass is 9.96. The van der Waals surface area contributed by atoms with Crippen LogP contribution in [0, 0.1) is 17.1 Å². The van der Waals surface area contributed by atoms with Gasteiger partial charge in [0.05, 0.1) is 44.6 Å². The van der Waals surface area contributed by atoms with E-state index >= 15 is 0 Å². The number of fused-ring (bicyclic) bond motifs is 1. The lowest BCUT2D eigenvalue weighted by Crippen LogP contribution is -2.39. The number of nitrogens with zero attached hydrogens (tertiary/aromatic N) is 3. The average Bonchev–Trinajstić information content (AvgIpc) is 3.26. The summed E-state index contributed by atoms with van der Waals surface area (Å²) in [5.74, 6) is -0.413. The standard InChI is InChI=1S/C31H23BrFN3O4S/c1-3-39-30(38)27-18(2)35-31-36(28(27)20-9-11-23(33)12-10-20)29(37)26(41-31)15-19-8-13-25(24(32)14-19)40-17-22-7-5-4-6-21(22)16-34/h4-15,28H,3,17H2,1-2H3/b26-15-/t28-/m1/s1. The van der Waals surface area contributed by atoms with E-state index in [1.165, 1.54) is 28.0 Å². The first kappa shape index (κ1) is 28.2. The first-order valence-corrected chi connectivity index (χ1v) is 14.3. The lowest BCUT2D eigenvalue weighted by Gasteiger charge is -2.24. The van der Waals surface area contributed by atoms with E-state index in [-0.39, 0.29) is 24.3 Å².